The van der Waals surface area contributed by atoms with Gasteiger partial charge in [0.1, 0.15) is 5.75 Å². The molecule has 2 N–H and O–H groups in total. The summed E-state index contributed by atoms with van der Waals surface area (Å²) in [6.07, 6.45) is 0.136. The van der Waals surface area contributed by atoms with Crippen LogP contribution in [0.1, 0.15) is 20.3 Å². The zero-order valence-corrected chi connectivity index (χ0v) is 14.9. The Bertz CT molecular complexity index is 633. The second-order valence-corrected chi connectivity index (χ2v) is 5.90. The summed E-state index contributed by atoms with van der Waals surface area (Å²) >= 11 is 0. The number of methoxy groups -OCH3 is 1. The van der Waals surface area contributed by atoms with Gasteiger partial charge in [0.05, 0.1) is 24.3 Å². The maximum Gasteiger partial charge on any atom is 0.271 e. The number of ether oxygens (including phenoxy) is 1. The van der Waals surface area contributed by atoms with E-state index in [1.165, 1.54) is 25.3 Å². The van der Waals surface area contributed by atoms with Crippen molar-refractivity contribution in [1.29, 1.82) is 0 Å². The van der Waals surface area contributed by atoms with Gasteiger partial charge in [0.25, 0.3) is 5.69 Å². The lowest BCUT2D eigenvalue weighted by Crippen LogP contribution is -2.39. The van der Waals surface area contributed by atoms with Gasteiger partial charge >= 0.3 is 0 Å². The van der Waals surface area contributed by atoms with Gasteiger partial charge in [0.2, 0.25) is 11.8 Å². The smallest absolute Gasteiger partial charge is 0.271 e. The second kappa shape index (κ2) is 9.58. The van der Waals surface area contributed by atoms with Gasteiger partial charge in [-0.3, -0.25) is 24.6 Å². The predicted molar refractivity (Wildman–Crippen MR) is 93.7 cm³/mol. The minimum absolute atomic E-state index is 0.0607. The molecule has 0 spiro atoms. The van der Waals surface area contributed by atoms with Crippen molar-refractivity contribution in [2.45, 2.75) is 26.3 Å². The number of amides is 2. The van der Waals surface area contributed by atoms with Gasteiger partial charge in [0, 0.05) is 31.1 Å². The summed E-state index contributed by atoms with van der Waals surface area (Å²) in [5.41, 5.74) is 0.0977. The van der Waals surface area contributed by atoms with E-state index in [2.05, 4.69) is 10.6 Å². The molecule has 1 rings (SSSR count). The summed E-state index contributed by atoms with van der Waals surface area (Å²) in [5.74, 6) is -0.100. The number of nitro groups is 1. The molecule has 0 aromatic heterocycles. The Balaban J connectivity index is 2.58. The molecule has 0 saturated heterocycles. The standard InChI is InChI=1S/C16H24N4O5/c1-11(2)17-16(22)10-19(3)8-7-15(21)18-13-9-12(20(23)24)5-6-14(13)25-4/h5-6,9,11H,7-8,10H2,1-4H3,(H,17,22)(H,18,21). The number of likely N-dealkylation sites (N-methyl/N-ethyl adjacent to an activating group) is 1. The predicted octanol–water partition coefficient (Wildman–Crippen LogP) is 1.39. The van der Waals surface area contributed by atoms with Crippen LogP contribution in [0, 0.1) is 10.1 Å². The molecule has 9 nitrogen and oxygen atoms in total. The molecule has 0 fully saturated rings. The summed E-state index contributed by atoms with van der Waals surface area (Å²) in [4.78, 5) is 35.7. The van der Waals surface area contributed by atoms with Gasteiger partial charge in [-0.15, -0.1) is 0 Å². The summed E-state index contributed by atoms with van der Waals surface area (Å²) < 4.78 is 5.10. The minimum atomic E-state index is -0.545. The SMILES string of the molecule is COc1ccc([N+](=O)[O-])cc1NC(=O)CCN(C)CC(=O)NC(C)C. The third kappa shape index (κ3) is 7.17. The van der Waals surface area contributed by atoms with E-state index in [-0.39, 0.29) is 42.2 Å². The third-order valence-electron chi connectivity index (χ3n) is 3.25. The number of non-ortho nitro benzene ring substituents is 1. The number of carbonyl (C=O) groups excluding carboxylic acids is 2. The van der Waals surface area contributed by atoms with Crippen LogP contribution in [0.2, 0.25) is 0 Å². The number of hydrogen-bond donors (Lipinski definition) is 2. The first-order valence-electron chi connectivity index (χ1n) is 7.83. The highest BCUT2D eigenvalue weighted by Gasteiger charge is 2.14. The molecule has 2 amide bonds. The van der Waals surface area contributed by atoms with E-state index in [0.717, 1.165) is 0 Å². The maximum atomic E-state index is 12.1. The first kappa shape index (κ1) is 20.4. The van der Waals surface area contributed by atoms with Crippen LogP contribution in [0.5, 0.6) is 5.75 Å². The highest BCUT2D eigenvalue weighted by molar-refractivity contribution is 5.92. The van der Waals surface area contributed by atoms with E-state index in [1.54, 1.807) is 11.9 Å². The molecular formula is C16H24N4O5. The Morgan fingerprint density at radius 3 is 2.56 bits per heavy atom. The summed E-state index contributed by atoms with van der Waals surface area (Å²) in [5, 5.41) is 16.2. The van der Waals surface area contributed by atoms with Crippen molar-refractivity contribution < 1.29 is 19.2 Å². The number of nitrogens with one attached hydrogen (secondary N) is 2. The number of rotatable bonds is 9. The van der Waals surface area contributed by atoms with Crippen LogP contribution in [-0.4, -0.2) is 54.9 Å². The van der Waals surface area contributed by atoms with Crippen molar-refractivity contribution in [3.8, 4) is 5.75 Å². The van der Waals surface area contributed by atoms with E-state index >= 15 is 0 Å². The highest BCUT2D eigenvalue weighted by atomic mass is 16.6. The van der Waals surface area contributed by atoms with Crippen molar-refractivity contribution in [1.82, 2.24) is 10.2 Å². The zero-order valence-electron chi connectivity index (χ0n) is 14.9. The summed E-state index contributed by atoms with van der Waals surface area (Å²) in [6.45, 7) is 4.30. The van der Waals surface area contributed by atoms with Gasteiger partial charge in [0.15, 0.2) is 0 Å². The van der Waals surface area contributed by atoms with Crippen LogP contribution >= 0.6 is 0 Å². The normalized spacial score (nSPS) is 10.6. The van der Waals surface area contributed by atoms with Gasteiger partial charge in [-0.05, 0) is 27.0 Å². The summed E-state index contributed by atoms with van der Waals surface area (Å²) in [6, 6.07) is 4.04. The number of hydrogen-bond acceptors (Lipinski definition) is 6. The monoisotopic (exact) mass is 352 g/mol. The minimum Gasteiger partial charge on any atom is -0.495 e. The van der Waals surface area contributed by atoms with Crippen LogP contribution in [-0.2, 0) is 9.59 Å². The van der Waals surface area contributed by atoms with E-state index in [0.29, 0.717) is 12.3 Å². The van der Waals surface area contributed by atoms with E-state index in [9.17, 15) is 19.7 Å². The fourth-order valence-electron chi connectivity index (χ4n) is 2.10. The Morgan fingerprint density at radius 1 is 1.32 bits per heavy atom. The topological polar surface area (TPSA) is 114 Å². The Labute approximate surface area is 146 Å². The van der Waals surface area contributed by atoms with Crippen LogP contribution in [0.3, 0.4) is 0 Å². The van der Waals surface area contributed by atoms with Crippen molar-refractivity contribution in [3.63, 3.8) is 0 Å². The average molecular weight is 352 g/mol. The molecular weight excluding hydrogens is 328 g/mol. The van der Waals surface area contributed by atoms with Crippen LogP contribution in [0.15, 0.2) is 18.2 Å². The number of nitrogens with zero attached hydrogens (tertiary/aromatic N) is 2. The molecule has 0 aliphatic carbocycles. The van der Waals surface area contributed by atoms with E-state index in [4.69, 9.17) is 4.74 Å². The zero-order chi connectivity index (χ0) is 19.0. The Hall–Kier alpha value is -2.68. The lowest BCUT2D eigenvalue weighted by atomic mass is 10.2. The highest BCUT2D eigenvalue weighted by Crippen LogP contribution is 2.28. The van der Waals surface area contributed by atoms with Crippen LogP contribution in [0.25, 0.3) is 0 Å². The molecule has 9 heteroatoms. The largest absolute Gasteiger partial charge is 0.495 e. The quantitative estimate of drug-likeness (QED) is 0.513. The Morgan fingerprint density at radius 2 is 2.00 bits per heavy atom. The van der Waals surface area contributed by atoms with Crippen molar-refractivity contribution >= 4 is 23.2 Å². The molecule has 0 aliphatic rings. The first-order chi connectivity index (χ1) is 11.7. The fourth-order valence-corrected chi connectivity index (χ4v) is 2.10. The summed E-state index contributed by atoms with van der Waals surface area (Å²) in [7, 11) is 3.15. The average Bonchev–Trinajstić information content (AvgIpc) is 2.51. The van der Waals surface area contributed by atoms with Gasteiger partial charge in [-0.1, -0.05) is 0 Å². The van der Waals surface area contributed by atoms with E-state index in [1.807, 2.05) is 13.8 Å². The first-order valence-corrected chi connectivity index (χ1v) is 7.83. The molecule has 0 bridgehead atoms. The van der Waals surface area contributed by atoms with Gasteiger partial charge in [-0.25, -0.2) is 0 Å². The molecule has 0 aliphatic heterocycles. The number of carbonyl (C=O) groups is 2. The number of nitro benzene ring substituents is 1. The van der Waals surface area contributed by atoms with E-state index < -0.39 is 4.92 Å². The molecule has 0 radical (unpaired) electrons. The maximum absolute atomic E-state index is 12.1. The van der Waals surface area contributed by atoms with Crippen molar-refractivity contribution in [2.75, 3.05) is 32.6 Å². The lowest BCUT2D eigenvalue weighted by Gasteiger charge is -2.17. The molecule has 138 valence electrons. The van der Waals surface area contributed by atoms with Crippen LogP contribution < -0.4 is 15.4 Å². The molecule has 1 aromatic carbocycles. The van der Waals surface area contributed by atoms with Gasteiger partial charge < -0.3 is 15.4 Å². The lowest BCUT2D eigenvalue weighted by molar-refractivity contribution is -0.384. The van der Waals surface area contributed by atoms with Gasteiger partial charge in [-0.2, -0.15) is 0 Å². The van der Waals surface area contributed by atoms with Crippen LogP contribution in [0.4, 0.5) is 11.4 Å². The molecule has 25 heavy (non-hydrogen) atoms. The molecule has 0 unspecified atom stereocenters. The Kier molecular flexibility index (Phi) is 7.80. The molecule has 1 aromatic rings. The second-order valence-electron chi connectivity index (χ2n) is 5.90. The molecule has 0 heterocycles. The molecule has 0 saturated carbocycles. The number of benzene rings is 1. The molecule has 0 atom stereocenters. The fraction of sp³-hybridized carbons (Fsp3) is 0.500. The third-order valence-corrected chi connectivity index (χ3v) is 3.25. The number of anilines is 1. The van der Waals surface area contributed by atoms with Crippen molar-refractivity contribution in [2.24, 2.45) is 0 Å². The van der Waals surface area contributed by atoms with Crippen molar-refractivity contribution in [3.05, 3.63) is 28.3 Å².